The third-order valence-corrected chi connectivity index (χ3v) is 3.06. The van der Waals surface area contributed by atoms with Gasteiger partial charge in [0.05, 0.1) is 0 Å². The van der Waals surface area contributed by atoms with Crippen molar-refractivity contribution in [3.63, 3.8) is 0 Å². The van der Waals surface area contributed by atoms with Crippen LogP contribution >= 0.6 is 0 Å². The van der Waals surface area contributed by atoms with Gasteiger partial charge in [-0.1, -0.05) is 30.3 Å². The summed E-state index contributed by atoms with van der Waals surface area (Å²) >= 11 is 0. The minimum absolute atomic E-state index is 0.198. The number of halogens is 1. The molecular weight excluding hydrogens is 227 g/mol. The Labute approximate surface area is 107 Å². The maximum atomic E-state index is 13.3. The van der Waals surface area contributed by atoms with Crippen LogP contribution in [0.1, 0.15) is 17.5 Å². The molecule has 2 aromatic carbocycles. The second kappa shape index (κ2) is 5.78. The van der Waals surface area contributed by atoms with Crippen molar-refractivity contribution in [1.29, 1.82) is 0 Å². The van der Waals surface area contributed by atoms with Crippen LogP contribution in [-0.4, -0.2) is 11.7 Å². The van der Waals surface area contributed by atoms with Gasteiger partial charge in [-0.2, -0.15) is 0 Å². The molecule has 94 valence electrons. The molecule has 0 atom stereocenters. The predicted octanol–water partition coefficient (Wildman–Crippen LogP) is 3.73. The molecule has 0 fully saturated rings. The van der Waals surface area contributed by atoms with E-state index in [1.165, 1.54) is 11.6 Å². The molecule has 0 radical (unpaired) electrons. The highest BCUT2D eigenvalue weighted by Gasteiger charge is 2.04. The first-order valence-corrected chi connectivity index (χ1v) is 6.17. The zero-order valence-corrected chi connectivity index (χ0v) is 10.5. The number of hydrogen-bond acceptors (Lipinski definition) is 1. The van der Waals surface area contributed by atoms with E-state index >= 15 is 0 Å². The smallest absolute Gasteiger partial charge is 0.123 e. The zero-order chi connectivity index (χ0) is 13.0. The third-order valence-electron chi connectivity index (χ3n) is 3.06. The molecule has 2 heteroatoms. The fraction of sp³-hybridized carbons (Fsp3) is 0.250. The van der Waals surface area contributed by atoms with E-state index in [2.05, 4.69) is 6.07 Å². The molecule has 0 aromatic heterocycles. The summed E-state index contributed by atoms with van der Waals surface area (Å²) in [5.41, 5.74) is 4.20. The van der Waals surface area contributed by atoms with Gasteiger partial charge in [0.25, 0.3) is 0 Å². The molecule has 1 N–H and O–H groups in total. The van der Waals surface area contributed by atoms with E-state index in [0.29, 0.717) is 0 Å². The third kappa shape index (κ3) is 2.96. The highest BCUT2D eigenvalue weighted by molar-refractivity contribution is 5.67. The standard InChI is InChI=1S/C16H17FO/c1-12-7-8-15(17)11-16(12)14-6-2-4-13(10-14)5-3-9-18/h2,4,6-8,10-11,18H,3,5,9H2,1H3. The summed E-state index contributed by atoms with van der Waals surface area (Å²) in [6.45, 7) is 2.18. The van der Waals surface area contributed by atoms with E-state index in [1.54, 1.807) is 12.1 Å². The number of rotatable bonds is 4. The van der Waals surface area contributed by atoms with Gasteiger partial charge in [-0.15, -0.1) is 0 Å². The number of hydrogen-bond donors (Lipinski definition) is 1. The molecule has 2 rings (SSSR count). The lowest BCUT2D eigenvalue weighted by Crippen LogP contribution is -1.91. The fourth-order valence-corrected chi connectivity index (χ4v) is 2.08. The van der Waals surface area contributed by atoms with Gasteiger partial charge in [-0.05, 0) is 54.2 Å². The number of aliphatic hydroxyl groups is 1. The Morgan fingerprint density at radius 1 is 1.11 bits per heavy atom. The van der Waals surface area contributed by atoms with Crippen molar-refractivity contribution < 1.29 is 9.50 Å². The Morgan fingerprint density at radius 2 is 1.94 bits per heavy atom. The molecule has 0 saturated heterocycles. The van der Waals surface area contributed by atoms with Crippen LogP contribution in [0.15, 0.2) is 42.5 Å². The van der Waals surface area contributed by atoms with Crippen molar-refractivity contribution in [2.45, 2.75) is 19.8 Å². The molecule has 0 aliphatic carbocycles. The molecule has 2 aromatic rings. The molecule has 0 unspecified atom stereocenters. The molecule has 0 aliphatic rings. The lowest BCUT2D eigenvalue weighted by Gasteiger charge is -2.08. The highest BCUT2D eigenvalue weighted by Crippen LogP contribution is 2.25. The van der Waals surface area contributed by atoms with Crippen molar-refractivity contribution in [3.05, 3.63) is 59.4 Å². The van der Waals surface area contributed by atoms with Crippen molar-refractivity contribution in [2.24, 2.45) is 0 Å². The van der Waals surface area contributed by atoms with E-state index in [1.807, 2.05) is 25.1 Å². The van der Waals surface area contributed by atoms with Crippen LogP contribution in [0.5, 0.6) is 0 Å². The highest BCUT2D eigenvalue weighted by atomic mass is 19.1. The first-order chi connectivity index (χ1) is 8.70. The van der Waals surface area contributed by atoms with Crippen LogP contribution in [-0.2, 0) is 6.42 Å². The molecule has 0 aliphatic heterocycles. The molecule has 18 heavy (non-hydrogen) atoms. The summed E-state index contributed by atoms with van der Waals surface area (Å²) in [7, 11) is 0. The monoisotopic (exact) mass is 244 g/mol. The summed E-state index contributed by atoms with van der Waals surface area (Å²) in [4.78, 5) is 0. The summed E-state index contributed by atoms with van der Waals surface area (Å²) in [6, 6.07) is 12.9. The first-order valence-electron chi connectivity index (χ1n) is 6.17. The molecule has 0 bridgehead atoms. The van der Waals surface area contributed by atoms with E-state index in [0.717, 1.165) is 29.5 Å². The number of aryl methyl sites for hydroxylation is 2. The van der Waals surface area contributed by atoms with E-state index in [4.69, 9.17) is 5.11 Å². The molecule has 0 heterocycles. The Kier molecular flexibility index (Phi) is 4.11. The fourth-order valence-electron chi connectivity index (χ4n) is 2.08. The average molecular weight is 244 g/mol. The van der Waals surface area contributed by atoms with E-state index < -0.39 is 0 Å². The summed E-state index contributed by atoms with van der Waals surface area (Å²) in [5, 5.41) is 8.84. The summed E-state index contributed by atoms with van der Waals surface area (Å²) < 4.78 is 13.3. The Hall–Kier alpha value is -1.67. The van der Waals surface area contributed by atoms with Gasteiger partial charge in [-0.3, -0.25) is 0 Å². The largest absolute Gasteiger partial charge is 0.396 e. The van der Waals surface area contributed by atoms with Crippen LogP contribution in [0.25, 0.3) is 11.1 Å². The average Bonchev–Trinajstić information content (AvgIpc) is 2.39. The topological polar surface area (TPSA) is 20.2 Å². The SMILES string of the molecule is Cc1ccc(F)cc1-c1cccc(CCCO)c1. The van der Waals surface area contributed by atoms with Crippen LogP contribution < -0.4 is 0 Å². The van der Waals surface area contributed by atoms with Gasteiger partial charge in [-0.25, -0.2) is 4.39 Å². The molecule has 0 saturated carbocycles. The van der Waals surface area contributed by atoms with Crippen molar-refractivity contribution in [1.82, 2.24) is 0 Å². The van der Waals surface area contributed by atoms with Gasteiger partial charge >= 0.3 is 0 Å². The summed E-state index contributed by atoms with van der Waals surface area (Å²) in [5.74, 6) is -0.212. The maximum Gasteiger partial charge on any atom is 0.123 e. The second-order valence-corrected chi connectivity index (χ2v) is 4.49. The van der Waals surface area contributed by atoms with E-state index in [-0.39, 0.29) is 12.4 Å². The zero-order valence-electron chi connectivity index (χ0n) is 10.5. The predicted molar refractivity (Wildman–Crippen MR) is 72.0 cm³/mol. The van der Waals surface area contributed by atoms with Gasteiger partial charge in [0.2, 0.25) is 0 Å². The normalized spacial score (nSPS) is 10.6. The van der Waals surface area contributed by atoms with Crippen molar-refractivity contribution in [2.75, 3.05) is 6.61 Å². The minimum atomic E-state index is -0.212. The molecule has 1 nitrogen and oxygen atoms in total. The molecular formula is C16H17FO. The van der Waals surface area contributed by atoms with Crippen LogP contribution in [0.3, 0.4) is 0 Å². The van der Waals surface area contributed by atoms with E-state index in [9.17, 15) is 4.39 Å². The van der Waals surface area contributed by atoms with Gasteiger partial charge in [0.15, 0.2) is 0 Å². The molecule has 0 amide bonds. The maximum absolute atomic E-state index is 13.3. The second-order valence-electron chi connectivity index (χ2n) is 4.49. The van der Waals surface area contributed by atoms with Crippen molar-refractivity contribution >= 4 is 0 Å². The van der Waals surface area contributed by atoms with Gasteiger partial charge < -0.3 is 5.11 Å². The lowest BCUT2D eigenvalue weighted by molar-refractivity contribution is 0.288. The van der Waals surface area contributed by atoms with Gasteiger partial charge in [0.1, 0.15) is 5.82 Å². The van der Waals surface area contributed by atoms with Crippen LogP contribution in [0, 0.1) is 12.7 Å². The quantitative estimate of drug-likeness (QED) is 0.869. The number of benzene rings is 2. The van der Waals surface area contributed by atoms with Crippen LogP contribution in [0.4, 0.5) is 4.39 Å². The Bertz CT molecular complexity index is 534. The number of aliphatic hydroxyl groups excluding tert-OH is 1. The van der Waals surface area contributed by atoms with Crippen molar-refractivity contribution in [3.8, 4) is 11.1 Å². The van der Waals surface area contributed by atoms with Gasteiger partial charge in [0, 0.05) is 6.61 Å². The Morgan fingerprint density at radius 3 is 2.72 bits per heavy atom. The Balaban J connectivity index is 2.35. The minimum Gasteiger partial charge on any atom is -0.396 e. The molecule has 0 spiro atoms. The van der Waals surface area contributed by atoms with Crippen LogP contribution in [0.2, 0.25) is 0 Å². The first kappa shape index (κ1) is 12.8. The lowest BCUT2D eigenvalue weighted by atomic mass is 9.97. The summed E-state index contributed by atoms with van der Waals surface area (Å²) in [6.07, 6.45) is 1.60.